The summed E-state index contributed by atoms with van der Waals surface area (Å²) >= 11 is 0. The van der Waals surface area contributed by atoms with Gasteiger partial charge in [0.2, 0.25) is 10.0 Å². The van der Waals surface area contributed by atoms with Crippen molar-refractivity contribution < 1.29 is 8.42 Å². The number of sulfonamides is 1. The molecule has 0 saturated carbocycles. The van der Waals surface area contributed by atoms with Gasteiger partial charge in [0.25, 0.3) is 0 Å². The van der Waals surface area contributed by atoms with Gasteiger partial charge in [-0.1, -0.05) is 13.8 Å². The summed E-state index contributed by atoms with van der Waals surface area (Å²) in [6.07, 6.45) is 2.22. The molecule has 0 fully saturated rings. The van der Waals surface area contributed by atoms with Crippen LogP contribution in [0.1, 0.15) is 26.7 Å². The third-order valence-corrected chi connectivity index (χ3v) is 4.89. The van der Waals surface area contributed by atoms with Gasteiger partial charge in [0.1, 0.15) is 0 Å². The van der Waals surface area contributed by atoms with E-state index in [2.05, 4.69) is 19.2 Å². The number of nitrogens with one attached hydrogen (secondary N) is 1. The normalized spacial score (nSPS) is 12.1. The molecule has 0 unspecified atom stereocenters. The van der Waals surface area contributed by atoms with Gasteiger partial charge in [0.15, 0.2) is 0 Å². The van der Waals surface area contributed by atoms with Crippen molar-refractivity contribution in [2.24, 2.45) is 5.92 Å². The lowest BCUT2D eigenvalue weighted by Crippen LogP contribution is -2.22. The zero-order chi connectivity index (χ0) is 15.3. The van der Waals surface area contributed by atoms with Gasteiger partial charge in [0.05, 0.1) is 16.3 Å². The first-order chi connectivity index (χ1) is 9.25. The van der Waals surface area contributed by atoms with E-state index in [-0.39, 0.29) is 4.90 Å². The largest absolute Gasteiger partial charge is 0.397 e. The molecular weight excluding hydrogens is 274 g/mol. The second-order valence-corrected chi connectivity index (χ2v) is 7.65. The van der Waals surface area contributed by atoms with E-state index in [4.69, 9.17) is 5.73 Å². The third kappa shape index (κ3) is 4.38. The van der Waals surface area contributed by atoms with Crippen LogP contribution in [0.4, 0.5) is 11.4 Å². The molecule has 0 radical (unpaired) electrons. The molecular formula is C14H25N3O2S. The number of benzene rings is 1. The van der Waals surface area contributed by atoms with Gasteiger partial charge in [0, 0.05) is 20.6 Å². The highest BCUT2D eigenvalue weighted by atomic mass is 32.2. The van der Waals surface area contributed by atoms with Gasteiger partial charge in [-0.2, -0.15) is 0 Å². The Balaban J connectivity index is 2.74. The van der Waals surface area contributed by atoms with Crippen LogP contribution >= 0.6 is 0 Å². The Hall–Kier alpha value is -1.27. The molecule has 0 aliphatic rings. The lowest BCUT2D eigenvalue weighted by Gasteiger charge is -2.14. The fourth-order valence-electron chi connectivity index (χ4n) is 1.81. The van der Waals surface area contributed by atoms with Gasteiger partial charge in [-0.25, -0.2) is 12.7 Å². The highest BCUT2D eigenvalue weighted by molar-refractivity contribution is 7.89. The third-order valence-electron chi connectivity index (χ3n) is 3.08. The first-order valence-corrected chi connectivity index (χ1v) is 8.25. The summed E-state index contributed by atoms with van der Waals surface area (Å²) in [5.41, 5.74) is 7.15. The molecule has 0 aliphatic carbocycles. The lowest BCUT2D eigenvalue weighted by atomic mass is 10.1. The molecule has 0 saturated heterocycles. The minimum Gasteiger partial charge on any atom is -0.397 e. The van der Waals surface area contributed by atoms with Crippen molar-refractivity contribution in [2.45, 2.75) is 31.6 Å². The molecule has 6 heteroatoms. The van der Waals surface area contributed by atoms with E-state index in [0.29, 0.717) is 11.6 Å². The van der Waals surface area contributed by atoms with Crippen LogP contribution in [-0.4, -0.2) is 33.4 Å². The van der Waals surface area contributed by atoms with Crippen LogP contribution in [0.25, 0.3) is 0 Å². The number of nitrogens with zero attached hydrogens (tertiary/aromatic N) is 1. The summed E-state index contributed by atoms with van der Waals surface area (Å²) in [5, 5.41) is 3.24. The van der Waals surface area contributed by atoms with Gasteiger partial charge < -0.3 is 11.1 Å². The maximum atomic E-state index is 12.0. The minimum absolute atomic E-state index is 0.215. The Labute approximate surface area is 122 Å². The zero-order valence-electron chi connectivity index (χ0n) is 12.7. The summed E-state index contributed by atoms with van der Waals surface area (Å²) in [4.78, 5) is 0.215. The molecule has 114 valence electrons. The maximum absolute atomic E-state index is 12.0. The topological polar surface area (TPSA) is 75.4 Å². The van der Waals surface area contributed by atoms with E-state index in [9.17, 15) is 8.42 Å². The number of nitrogen functional groups attached to an aromatic ring is 1. The molecule has 0 spiro atoms. The van der Waals surface area contributed by atoms with Crippen molar-refractivity contribution in [1.29, 1.82) is 0 Å². The molecule has 3 N–H and O–H groups in total. The van der Waals surface area contributed by atoms with Crippen LogP contribution in [-0.2, 0) is 10.0 Å². The Bertz CT molecular complexity index is 539. The second kappa shape index (κ2) is 6.95. The first kappa shape index (κ1) is 16.8. The van der Waals surface area contributed by atoms with Gasteiger partial charge in [-0.3, -0.25) is 0 Å². The molecule has 1 rings (SSSR count). The van der Waals surface area contributed by atoms with E-state index < -0.39 is 10.0 Å². The van der Waals surface area contributed by atoms with E-state index in [0.717, 1.165) is 25.1 Å². The van der Waals surface area contributed by atoms with Crippen molar-refractivity contribution in [3.05, 3.63) is 18.2 Å². The molecule has 5 nitrogen and oxygen atoms in total. The highest BCUT2D eigenvalue weighted by Crippen LogP contribution is 2.24. The average molecular weight is 299 g/mol. The fourth-order valence-corrected chi connectivity index (χ4v) is 2.74. The van der Waals surface area contributed by atoms with E-state index in [1.54, 1.807) is 12.1 Å². The van der Waals surface area contributed by atoms with Crippen molar-refractivity contribution in [3.63, 3.8) is 0 Å². The molecule has 0 atom stereocenters. The van der Waals surface area contributed by atoms with Crippen LogP contribution in [0, 0.1) is 5.92 Å². The van der Waals surface area contributed by atoms with Crippen molar-refractivity contribution in [1.82, 2.24) is 4.31 Å². The van der Waals surface area contributed by atoms with Crippen molar-refractivity contribution in [3.8, 4) is 0 Å². The van der Waals surface area contributed by atoms with Crippen LogP contribution in [0.2, 0.25) is 0 Å². The Morgan fingerprint density at radius 1 is 1.30 bits per heavy atom. The highest BCUT2D eigenvalue weighted by Gasteiger charge is 2.17. The zero-order valence-corrected chi connectivity index (χ0v) is 13.5. The average Bonchev–Trinajstić information content (AvgIpc) is 2.35. The standard InChI is InChI=1S/C14H25N3O2S/c1-11(2)6-5-9-16-14-8-7-12(10-13(14)15)20(18,19)17(3)4/h7-8,10-11,16H,5-6,9,15H2,1-4H3. The van der Waals surface area contributed by atoms with Crippen LogP contribution in [0.5, 0.6) is 0 Å². The fraction of sp³-hybridized carbons (Fsp3) is 0.571. The van der Waals surface area contributed by atoms with E-state index in [1.165, 1.54) is 24.5 Å². The molecule has 0 aromatic heterocycles. The van der Waals surface area contributed by atoms with Gasteiger partial charge in [-0.05, 0) is 37.0 Å². The lowest BCUT2D eigenvalue weighted by molar-refractivity contribution is 0.521. The number of hydrogen-bond donors (Lipinski definition) is 2. The Morgan fingerprint density at radius 3 is 2.45 bits per heavy atom. The number of rotatable bonds is 7. The molecule has 0 bridgehead atoms. The number of anilines is 2. The molecule has 1 aromatic rings. The monoisotopic (exact) mass is 299 g/mol. The SMILES string of the molecule is CC(C)CCCNc1ccc(S(=O)(=O)N(C)C)cc1N. The Morgan fingerprint density at radius 2 is 1.95 bits per heavy atom. The number of nitrogens with two attached hydrogens (primary N) is 1. The summed E-state index contributed by atoms with van der Waals surface area (Å²) in [7, 11) is -0.420. The summed E-state index contributed by atoms with van der Waals surface area (Å²) < 4.78 is 25.1. The smallest absolute Gasteiger partial charge is 0.242 e. The van der Waals surface area contributed by atoms with Crippen LogP contribution in [0.3, 0.4) is 0 Å². The summed E-state index contributed by atoms with van der Waals surface area (Å²) in [6.45, 7) is 5.21. The predicted octanol–water partition coefficient (Wildman–Crippen LogP) is 2.37. The molecule has 0 amide bonds. The maximum Gasteiger partial charge on any atom is 0.242 e. The summed E-state index contributed by atoms with van der Waals surface area (Å²) in [5.74, 6) is 0.682. The summed E-state index contributed by atoms with van der Waals surface area (Å²) in [6, 6.07) is 4.80. The second-order valence-electron chi connectivity index (χ2n) is 5.50. The first-order valence-electron chi connectivity index (χ1n) is 6.81. The number of hydrogen-bond acceptors (Lipinski definition) is 4. The van der Waals surface area contributed by atoms with E-state index >= 15 is 0 Å². The van der Waals surface area contributed by atoms with Gasteiger partial charge >= 0.3 is 0 Å². The molecule has 1 aromatic carbocycles. The van der Waals surface area contributed by atoms with Gasteiger partial charge in [-0.15, -0.1) is 0 Å². The van der Waals surface area contributed by atoms with Crippen molar-refractivity contribution >= 4 is 21.4 Å². The molecule has 20 heavy (non-hydrogen) atoms. The van der Waals surface area contributed by atoms with Crippen molar-refractivity contribution in [2.75, 3.05) is 31.7 Å². The Kier molecular flexibility index (Phi) is 5.83. The minimum atomic E-state index is -3.43. The predicted molar refractivity (Wildman–Crippen MR) is 84.3 cm³/mol. The molecule has 0 heterocycles. The van der Waals surface area contributed by atoms with Crippen LogP contribution < -0.4 is 11.1 Å². The van der Waals surface area contributed by atoms with E-state index in [1.807, 2.05) is 0 Å². The quantitative estimate of drug-likeness (QED) is 0.598. The van der Waals surface area contributed by atoms with Crippen LogP contribution in [0.15, 0.2) is 23.1 Å². The molecule has 0 aliphatic heterocycles.